The SMILES string of the molecule is Cc1ccc(NC(=O)CC[C@@H](C(=O)O)N2C(=O)c3ccccc3C2=O)cc1. The van der Waals surface area contributed by atoms with Crippen molar-refractivity contribution in [3.05, 3.63) is 65.2 Å². The molecule has 0 spiro atoms. The van der Waals surface area contributed by atoms with Crippen molar-refractivity contribution in [2.24, 2.45) is 0 Å². The van der Waals surface area contributed by atoms with Gasteiger partial charge in [0.2, 0.25) is 5.91 Å². The minimum absolute atomic E-state index is 0.141. The molecule has 0 saturated carbocycles. The Kier molecular flexibility index (Phi) is 5.03. The van der Waals surface area contributed by atoms with E-state index in [-0.39, 0.29) is 29.9 Å². The zero-order valence-electron chi connectivity index (χ0n) is 14.6. The van der Waals surface area contributed by atoms with Crippen LogP contribution in [0.15, 0.2) is 48.5 Å². The van der Waals surface area contributed by atoms with Crippen LogP contribution in [-0.2, 0) is 9.59 Å². The van der Waals surface area contributed by atoms with Crippen LogP contribution in [0.3, 0.4) is 0 Å². The number of carboxylic acid groups (broad SMARTS) is 1. The lowest BCUT2D eigenvalue weighted by atomic mass is 10.1. The molecule has 27 heavy (non-hydrogen) atoms. The number of hydrogen-bond acceptors (Lipinski definition) is 4. The number of imide groups is 1. The number of benzene rings is 2. The summed E-state index contributed by atoms with van der Waals surface area (Å²) in [6.07, 6.45) is -0.309. The minimum atomic E-state index is -1.40. The van der Waals surface area contributed by atoms with Gasteiger partial charge in [0.05, 0.1) is 11.1 Å². The normalized spacial score (nSPS) is 14.0. The molecule has 3 rings (SSSR count). The van der Waals surface area contributed by atoms with E-state index in [0.717, 1.165) is 10.5 Å². The summed E-state index contributed by atoms with van der Waals surface area (Å²) in [6.45, 7) is 1.92. The maximum Gasteiger partial charge on any atom is 0.326 e. The maximum atomic E-state index is 12.5. The van der Waals surface area contributed by atoms with Gasteiger partial charge in [-0.3, -0.25) is 19.3 Å². The third kappa shape index (κ3) is 3.72. The summed E-state index contributed by atoms with van der Waals surface area (Å²) in [4.78, 5) is 49.4. The van der Waals surface area contributed by atoms with Gasteiger partial charge < -0.3 is 10.4 Å². The van der Waals surface area contributed by atoms with Gasteiger partial charge in [-0.25, -0.2) is 4.79 Å². The van der Waals surface area contributed by atoms with E-state index in [1.54, 1.807) is 24.3 Å². The predicted molar refractivity (Wildman–Crippen MR) is 97.4 cm³/mol. The zero-order valence-corrected chi connectivity index (χ0v) is 14.6. The number of nitrogens with zero attached hydrogens (tertiary/aromatic N) is 1. The number of carbonyl (C=O) groups excluding carboxylic acids is 3. The van der Waals surface area contributed by atoms with Gasteiger partial charge in [-0.2, -0.15) is 0 Å². The Bertz CT molecular complexity index is 885. The van der Waals surface area contributed by atoms with Crippen LogP contribution >= 0.6 is 0 Å². The average molecular weight is 366 g/mol. The first-order valence-electron chi connectivity index (χ1n) is 8.44. The van der Waals surface area contributed by atoms with Crippen LogP contribution in [0.25, 0.3) is 0 Å². The number of rotatable bonds is 6. The molecule has 0 aliphatic carbocycles. The van der Waals surface area contributed by atoms with E-state index in [2.05, 4.69) is 5.32 Å². The highest BCUT2D eigenvalue weighted by molar-refractivity contribution is 6.22. The van der Waals surface area contributed by atoms with Gasteiger partial charge in [0.15, 0.2) is 0 Å². The standard InChI is InChI=1S/C20H18N2O5/c1-12-6-8-13(9-7-12)21-17(23)11-10-16(20(26)27)22-18(24)14-4-2-3-5-15(14)19(22)25/h2-9,16H,10-11H2,1H3,(H,21,23)(H,26,27)/t16-/m0/s1. The number of fused-ring (bicyclic) bond motifs is 1. The number of nitrogens with one attached hydrogen (secondary N) is 1. The molecule has 0 radical (unpaired) electrons. The van der Waals surface area contributed by atoms with Gasteiger partial charge in [0, 0.05) is 12.1 Å². The molecule has 3 amide bonds. The molecule has 7 heteroatoms. The van der Waals surface area contributed by atoms with Crippen molar-refractivity contribution in [1.29, 1.82) is 0 Å². The Balaban J connectivity index is 1.69. The van der Waals surface area contributed by atoms with E-state index in [0.29, 0.717) is 5.69 Å². The summed E-state index contributed by atoms with van der Waals surface area (Å²) < 4.78 is 0. The maximum absolute atomic E-state index is 12.5. The molecule has 1 aliphatic heterocycles. The summed E-state index contributed by atoms with van der Waals surface area (Å²) in [7, 11) is 0. The number of anilines is 1. The van der Waals surface area contributed by atoms with Crippen LogP contribution < -0.4 is 5.32 Å². The minimum Gasteiger partial charge on any atom is -0.480 e. The highest BCUT2D eigenvalue weighted by Gasteiger charge is 2.42. The largest absolute Gasteiger partial charge is 0.480 e. The number of aliphatic carboxylic acids is 1. The Labute approximate surface area is 155 Å². The summed E-state index contributed by atoms with van der Waals surface area (Å²) in [6, 6.07) is 12.0. The van der Waals surface area contributed by atoms with Gasteiger partial charge in [-0.15, -0.1) is 0 Å². The van der Waals surface area contributed by atoms with Crippen molar-refractivity contribution in [3.8, 4) is 0 Å². The second kappa shape index (κ2) is 7.41. The fourth-order valence-electron chi connectivity index (χ4n) is 2.98. The zero-order chi connectivity index (χ0) is 19.6. The molecular weight excluding hydrogens is 348 g/mol. The number of amides is 3. The van der Waals surface area contributed by atoms with E-state index in [1.807, 2.05) is 19.1 Å². The molecule has 2 N–H and O–H groups in total. The fraction of sp³-hybridized carbons (Fsp3) is 0.200. The first kappa shape index (κ1) is 18.3. The smallest absolute Gasteiger partial charge is 0.326 e. The van der Waals surface area contributed by atoms with E-state index in [4.69, 9.17) is 0 Å². The van der Waals surface area contributed by atoms with Crippen molar-refractivity contribution >= 4 is 29.4 Å². The van der Waals surface area contributed by atoms with E-state index < -0.39 is 23.8 Å². The summed E-state index contributed by atoms with van der Waals surface area (Å²) in [5, 5.41) is 12.2. The van der Waals surface area contributed by atoms with Crippen molar-refractivity contribution in [1.82, 2.24) is 4.90 Å². The van der Waals surface area contributed by atoms with Crippen LogP contribution in [0.1, 0.15) is 39.1 Å². The molecule has 0 fully saturated rings. The molecule has 2 aromatic rings. The van der Waals surface area contributed by atoms with E-state index >= 15 is 0 Å². The Morgan fingerprint density at radius 1 is 1.00 bits per heavy atom. The van der Waals surface area contributed by atoms with Crippen LogP contribution in [0, 0.1) is 6.92 Å². The van der Waals surface area contributed by atoms with E-state index in [9.17, 15) is 24.3 Å². The Hall–Kier alpha value is -3.48. The second-order valence-corrected chi connectivity index (χ2v) is 6.33. The van der Waals surface area contributed by atoms with Crippen molar-refractivity contribution in [2.45, 2.75) is 25.8 Å². The first-order chi connectivity index (χ1) is 12.9. The number of carboxylic acids is 1. The van der Waals surface area contributed by atoms with Crippen LogP contribution in [0.5, 0.6) is 0 Å². The first-order valence-corrected chi connectivity index (χ1v) is 8.44. The molecule has 138 valence electrons. The fourth-order valence-corrected chi connectivity index (χ4v) is 2.98. The molecule has 0 unspecified atom stereocenters. The van der Waals surface area contributed by atoms with E-state index in [1.165, 1.54) is 12.1 Å². The second-order valence-electron chi connectivity index (χ2n) is 6.33. The molecule has 0 bridgehead atoms. The molecule has 1 atom stereocenters. The van der Waals surface area contributed by atoms with Crippen LogP contribution in [-0.4, -0.2) is 39.7 Å². The van der Waals surface area contributed by atoms with Crippen molar-refractivity contribution in [2.75, 3.05) is 5.32 Å². The average Bonchev–Trinajstić information content (AvgIpc) is 2.89. The van der Waals surface area contributed by atoms with Gasteiger partial charge >= 0.3 is 5.97 Å². The lowest BCUT2D eigenvalue weighted by molar-refractivity contribution is -0.141. The van der Waals surface area contributed by atoms with Gasteiger partial charge in [-0.1, -0.05) is 29.8 Å². The highest BCUT2D eigenvalue weighted by Crippen LogP contribution is 2.26. The third-order valence-corrected chi connectivity index (χ3v) is 4.40. The molecule has 7 nitrogen and oxygen atoms in total. The van der Waals surface area contributed by atoms with Gasteiger partial charge in [0.1, 0.15) is 6.04 Å². The summed E-state index contributed by atoms with van der Waals surface area (Å²) in [5.74, 6) is -3.02. The third-order valence-electron chi connectivity index (χ3n) is 4.40. The molecular formula is C20H18N2O5. The van der Waals surface area contributed by atoms with Gasteiger partial charge in [-0.05, 0) is 37.6 Å². The predicted octanol–water partition coefficient (Wildman–Crippen LogP) is 2.46. The Morgan fingerprint density at radius 2 is 1.56 bits per heavy atom. The van der Waals surface area contributed by atoms with Crippen LogP contribution in [0.4, 0.5) is 5.69 Å². The lowest BCUT2D eigenvalue weighted by Gasteiger charge is -2.22. The molecule has 1 heterocycles. The monoisotopic (exact) mass is 366 g/mol. The van der Waals surface area contributed by atoms with Crippen LogP contribution in [0.2, 0.25) is 0 Å². The van der Waals surface area contributed by atoms with Gasteiger partial charge in [0.25, 0.3) is 11.8 Å². The number of hydrogen-bond donors (Lipinski definition) is 2. The Morgan fingerprint density at radius 3 is 2.07 bits per heavy atom. The molecule has 0 aromatic heterocycles. The molecule has 2 aromatic carbocycles. The highest BCUT2D eigenvalue weighted by atomic mass is 16.4. The number of carbonyl (C=O) groups is 4. The topological polar surface area (TPSA) is 104 Å². The molecule has 0 saturated heterocycles. The lowest BCUT2D eigenvalue weighted by Crippen LogP contribution is -2.45. The summed E-state index contributed by atoms with van der Waals surface area (Å²) in [5.41, 5.74) is 2.00. The quantitative estimate of drug-likeness (QED) is 0.765. The number of aryl methyl sites for hydroxylation is 1. The van der Waals surface area contributed by atoms with Crippen molar-refractivity contribution in [3.63, 3.8) is 0 Å². The summed E-state index contributed by atoms with van der Waals surface area (Å²) >= 11 is 0. The molecule has 1 aliphatic rings. The van der Waals surface area contributed by atoms with Crippen molar-refractivity contribution < 1.29 is 24.3 Å².